The lowest BCUT2D eigenvalue weighted by Gasteiger charge is -2.38. The highest BCUT2D eigenvalue weighted by atomic mass is 16.5. The van der Waals surface area contributed by atoms with Crippen molar-refractivity contribution in [2.75, 3.05) is 27.3 Å². The molecular weight excluding hydrogens is 298 g/mol. The minimum Gasteiger partial charge on any atom is -0.493 e. The normalized spacial score (nSPS) is 18.3. The lowest BCUT2D eigenvalue weighted by Crippen LogP contribution is -2.58. The summed E-state index contributed by atoms with van der Waals surface area (Å²) in [5.41, 5.74) is 0.573. The second-order valence-electron chi connectivity index (χ2n) is 5.45. The molecule has 0 aromatic carbocycles. The molecule has 0 N–H and O–H groups in total. The van der Waals surface area contributed by atoms with Gasteiger partial charge in [-0.15, -0.1) is 0 Å². The molecule has 7 nitrogen and oxygen atoms in total. The average molecular weight is 321 g/mol. The van der Waals surface area contributed by atoms with E-state index >= 15 is 0 Å². The molecule has 0 saturated carbocycles. The summed E-state index contributed by atoms with van der Waals surface area (Å²) < 4.78 is 10.6. The van der Waals surface area contributed by atoms with Gasteiger partial charge in [-0.05, 0) is 13.3 Å². The van der Waals surface area contributed by atoms with Crippen molar-refractivity contribution in [1.82, 2.24) is 14.8 Å². The molecule has 2 amide bonds. The van der Waals surface area contributed by atoms with E-state index in [1.807, 2.05) is 6.92 Å². The first kappa shape index (κ1) is 17.1. The quantitative estimate of drug-likeness (QED) is 0.784. The van der Waals surface area contributed by atoms with Crippen LogP contribution in [0.2, 0.25) is 0 Å². The largest absolute Gasteiger partial charge is 0.493 e. The highest BCUT2D eigenvalue weighted by Crippen LogP contribution is 2.30. The van der Waals surface area contributed by atoms with Crippen molar-refractivity contribution < 1.29 is 19.1 Å². The van der Waals surface area contributed by atoms with Crippen LogP contribution in [0.15, 0.2) is 12.3 Å². The van der Waals surface area contributed by atoms with Crippen molar-refractivity contribution in [3.63, 3.8) is 0 Å². The molecule has 0 unspecified atom stereocenters. The van der Waals surface area contributed by atoms with Crippen molar-refractivity contribution in [2.45, 2.75) is 32.9 Å². The third-order valence-corrected chi connectivity index (χ3v) is 3.96. The Balaban J connectivity index is 2.23. The monoisotopic (exact) mass is 321 g/mol. The Morgan fingerprint density at radius 2 is 2.04 bits per heavy atom. The summed E-state index contributed by atoms with van der Waals surface area (Å²) in [5.74, 6) is 0.914. The van der Waals surface area contributed by atoms with Crippen LogP contribution in [0.1, 0.15) is 26.0 Å². The topological polar surface area (TPSA) is 72.0 Å². The summed E-state index contributed by atoms with van der Waals surface area (Å²) in [7, 11) is 3.07. The van der Waals surface area contributed by atoms with Crippen LogP contribution in [0.4, 0.5) is 0 Å². The van der Waals surface area contributed by atoms with Crippen LogP contribution in [-0.4, -0.2) is 59.9 Å². The second kappa shape index (κ2) is 7.30. The Labute approximate surface area is 136 Å². The molecule has 1 saturated heterocycles. The van der Waals surface area contributed by atoms with Crippen molar-refractivity contribution in [3.05, 3.63) is 18.0 Å². The Hall–Kier alpha value is -2.31. The number of hydrogen-bond donors (Lipinski definition) is 0. The fourth-order valence-corrected chi connectivity index (χ4v) is 2.75. The number of pyridine rings is 1. The van der Waals surface area contributed by atoms with Gasteiger partial charge < -0.3 is 19.3 Å². The molecule has 1 aliphatic rings. The Bertz CT molecular complexity index is 591. The highest BCUT2D eigenvalue weighted by Gasteiger charge is 2.36. The smallest absolute Gasteiger partial charge is 0.245 e. The van der Waals surface area contributed by atoms with Crippen molar-refractivity contribution in [1.29, 1.82) is 0 Å². The lowest BCUT2D eigenvalue weighted by atomic mass is 10.1. The van der Waals surface area contributed by atoms with Gasteiger partial charge in [0.15, 0.2) is 11.5 Å². The molecule has 0 radical (unpaired) electrons. The molecule has 2 heterocycles. The van der Waals surface area contributed by atoms with Gasteiger partial charge in [0.2, 0.25) is 11.8 Å². The number of amides is 2. The van der Waals surface area contributed by atoms with E-state index in [0.29, 0.717) is 23.7 Å². The van der Waals surface area contributed by atoms with Crippen molar-refractivity contribution in [3.8, 4) is 11.5 Å². The maximum Gasteiger partial charge on any atom is 0.245 e. The number of nitrogens with zero attached hydrogens (tertiary/aromatic N) is 3. The maximum absolute atomic E-state index is 12.4. The van der Waals surface area contributed by atoms with E-state index in [2.05, 4.69) is 4.98 Å². The number of carbonyl (C=O) groups is 2. The zero-order chi connectivity index (χ0) is 17.0. The summed E-state index contributed by atoms with van der Waals surface area (Å²) in [6, 6.07) is 1.18. The van der Waals surface area contributed by atoms with Gasteiger partial charge in [-0.1, -0.05) is 6.92 Å². The molecule has 2 rings (SSSR count). The molecule has 23 heavy (non-hydrogen) atoms. The lowest BCUT2D eigenvalue weighted by molar-refractivity contribution is -0.155. The van der Waals surface area contributed by atoms with Gasteiger partial charge in [-0.3, -0.25) is 14.6 Å². The zero-order valence-electron chi connectivity index (χ0n) is 14.0. The summed E-state index contributed by atoms with van der Waals surface area (Å²) >= 11 is 0. The molecule has 0 spiro atoms. The van der Waals surface area contributed by atoms with Crippen LogP contribution in [0.5, 0.6) is 11.5 Å². The van der Waals surface area contributed by atoms with Crippen LogP contribution in [-0.2, 0) is 16.1 Å². The van der Waals surface area contributed by atoms with Gasteiger partial charge in [0.25, 0.3) is 0 Å². The molecule has 126 valence electrons. The Morgan fingerprint density at radius 3 is 2.65 bits per heavy atom. The second-order valence-corrected chi connectivity index (χ2v) is 5.45. The van der Waals surface area contributed by atoms with E-state index in [1.54, 1.807) is 36.1 Å². The Kier molecular flexibility index (Phi) is 5.41. The summed E-state index contributed by atoms with van der Waals surface area (Å²) in [5, 5.41) is 0. The standard InChI is InChI=1S/C16H23N3O4/c1-5-8-18-10-14(20)19(11(2)16(18)21)9-12-15(23-4)13(22-3)6-7-17-12/h6-7,11H,5,8-10H2,1-4H3/t11-/m1/s1. The first-order valence-corrected chi connectivity index (χ1v) is 7.67. The predicted molar refractivity (Wildman–Crippen MR) is 84.2 cm³/mol. The minimum absolute atomic E-state index is 0.0340. The van der Waals surface area contributed by atoms with Gasteiger partial charge in [0.05, 0.1) is 27.3 Å². The van der Waals surface area contributed by atoms with Gasteiger partial charge in [0.1, 0.15) is 11.7 Å². The fourth-order valence-electron chi connectivity index (χ4n) is 2.75. The molecule has 0 bridgehead atoms. The van der Waals surface area contributed by atoms with E-state index in [4.69, 9.17) is 9.47 Å². The third-order valence-electron chi connectivity index (χ3n) is 3.96. The molecule has 1 aliphatic heterocycles. The van der Waals surface area contributed by atoms with Crippen LogP contribution in [0.25, 0.3) is 0 Å². The number of methoxy groups -OCH3 is 2. The van der Waals surface area contributed by atoms with Crippen LogP contribution < -0.4 is 9.47 Å². The first-order chi connectivity index (χ1) is 11.0. The van der Waals surface area contributed by atoms with E-state index in [0.717, 1.165) is 6.42 Å². The molecule has 0 aliphatic carbocycles. The van der Waals surface area contributed by atoms with Gasteiger partial charge in [-0.25, -0.2) is 0 Å². The number of ether oxygens (including phenoxy) is 2. The van der Waals surface area contributed by atoms with Crippen molar-refractivity contribution >= 4 is 11.8 Å². The van der Waals surface area contributed by atoms with Crippen LogP contribution in [0.3, 0.4) is 0 Å². The van der Waals surface area contributed by atoms with Gasteiger partial charge >= 0.3 is 0 Å². The number of aromatic nitrogens is 1. The average Bonchev–Trinajstić information content (AvgIpc) is 2.56. The third kappa shape index (κ3) is 3.38. The molecule has 1 aromatic heterocycles. The van der Waals surface area contributed by atoms with Gasteiger partial charge in [-0.2, -0.15) is 0 Å². The number of hydrogen-bond acceptors (Lipinski definition) is 5. The zero-order valence-corrected chi connectivity index (χ0v) is 14.0. The molecular formula is C16H23N3O4. The van der Waals surface area contributed by atoms with E-state index in [-0.39, 0.29) is 24.9 Å². The fraction of sp³-hybridized carbons (Fsp3) is 0.562. The number of rotatable bonds is 6. The molecule has 1 atom stereocenters. The Morgan fingerprint density at radius 1 is 1.30 bits per heavy atom. The predicted octanol–water partition coefficient (Wildman–Crippen LogP) is 1.07. The minimum atomic E-state index is -0.513. The number of carbonyl (C=O) groups excluding carboxylic acids is 2. The molecule has 1 aromatic rings. The summed E-state index contributed by atoms with van der Waals surface area (Å²) in [6.07, 6.45) is 2.43. The van der Waals surface area contributed by atoms with Crippen molar-refractivity contribution in [2.24, 2.45) is 0 Å². The molecule has 7 heteroatoms. The maximum atomic E-state index is 12.4. The van der Waals surface area contributed by atoms with Crippen LogP contribution >= 0.6 is 0 Å². The summed E-state index contributed by atoms with van der Waals surface area (Å²) in [4.78, 5) is 32.2. The first-order valence-electron chi connectivity index (χ1n) is 7.67. The van der Waals surface area contributed by atoms with E-state index < -0.39 is 6.04 Å². The number of piperazine rings is 1. The SMILES string of the molecule is CCCN1CC(=O)N(Cc2nccc(OC)c2OC)[C@H](C)C1=O. The highest BCUT2D eigenvalue weighted by molar-refractivity contribution is 5.94. The molecule has 1 fully saturated rings. The summed E-state index contributed by atoms with van der Waals surface area (Å²) in [6.45, 7) is 4.66. The van der Waals surface area contributed by atoms with E-state index in [9.17, 15) is 9.59 Å². The van der Waals surface area contributed by atoms with Crippen LogP contribution in [0, 0.1) is 0 Å². The van der Waals surface area contributed by atoms with Gasteiger partial charge in [0, 0.05) is 18.8 Å². The van der Waals surface area contributed by atoms with E-state index in [1.165, 1.54) is 7.11 Å².